The van der Waals surface area contributed by atoms with Gasteiger partial charge >= 0.3 is 0 Å². The molecule has 5 heteroatoms. The minimum Gasteiger partial charge on any atom is -0.496 e. The van der Waals surface area contributed by atoms with Gasteiger partial charge in [-0.05, 0) is 79.1 Å². The molecule has 3 aromatic rings. The first kappa shape index (κ1) is 18.0. The van der Waals surface area contributed by atoms with Crippen LogP contribution in [0.5, 0.6) is 5.75 Å². The predicted octanol–water partition coefficient (Wildman–Crippen LogP) is 3.35. The van der Waals surface area contributed by atoms with Crippen LogP contribution in [0.2, 0.25) is 0 Å². The van der Waals surface area contributed by atoms with Gasteiger partial charge in [0, 0.05) is 6.54 Å². The highest BCUT2D eigenvalue weighted by molar-refractivity contribution is 5.78. The predicted molar refractivity (Wildman–Crippen MR) is 107 cm³/mol. The SMILES string of the molecule is COc1ccc(Cn2cnc3cc4c(cc32)CC(CCN)CC4O)cc1C. The standard InChI is InChI=1S/C22H27N3O2/c1-14-7-16(3-4-22(14)27-2)12-25-13-24-19-11-18-17(10-20(19)25)8-15(5-6-23)9-21(18)26/h3-4,7,10-11,13,15,21,26H,5-6,8-9,12,23H2,1-2H3. The second-order valence-corrected chi connectivity index (χ2v) is 7.62. The molecule has 0 aliphatic heterocycles. The summed E-state index contributed by atoms with van der Waals surface area (Å²) in [6.07, 6.45) is 4.20. The maximum absolute atomic E-state index is 10.6. The number of ether oxygens (including phenoxy) is 1. The van der Waals surface area contributed by atoms with E-state index < -0.39 is 6.10 Å². The molecule has 5 nitrogen and oxygen atoms in total. The average molecular weight is 365 g/mol. The number of nitrogens with zero attached hydrogens (tertiary/aromatic N) is 2. The third-order valence-corrected chi connectivity index (χ3v) is 5.69. The number of aliphatic hydroxyl groups is 1. The van der Waals surface area contributed by atoms with Crippen LogP contribution in [0.25, 0.3) is 11.0 Å². The van der Waals surface area contributed by atoms with Crippen molar-refractivity contribution in [3.05, 3.63) is 58.9 Å². The molecule has 4 rings (SSSR count). The van der Waals surface area contributed by atoms with Crippen molar-refractivity contribution < 1.29 is 9.84 Å². The van der Waals surface area contributed by atoms with Crippen molar-refractivity contribution >= 4 is 11.0 Å². The molecule has 0 radical (unpaired) electrons. The molecule has 142 valence electrons. The van der Waals surface area contributed by atoms with E-state index in [2.05, 4.69) is 40.7 Å². The minimum atomic E-state index is -0.413. The van der Waals surface area contributed by atoms with Crippen molar-refractivity contribution in [1.29, 1.82) is 0 Å². The van der Waals surface area contributed by atoms with E-state index in [1.54, 1.807) is 7.11 Å². The van der Waals surface area contributed by atoms with Crippen LogP contribution in [0.4, 0.5) is 0 Å². The number of rotatable bonds is 5. The summed E-state index contributed by atoms with van der Waals surface area (Å²) in [5.74, 6) is 1.36. The summed E-state index contributed by atoms with van der Waals surface area (Å²) < 4.78 is 7.53. The fourth-order valence-corrected chi connectivity index (χ4v) is 4.30. The van der Waals surface area contributed by atoms with Crippen LogP contribution in [-0.2, 0) is 13.0 Å². The van der Waals surface area contributed by atoms with E-state index >= 15 is 0 Å². The number of benzene rings is 2. The Kier molecular flexibility index (Phi) is 4.89. The van der Waals surface area contributed by atoms with Crippen LogP contribution < -0.4 is 10.5 Å². The lowest BCUT2D eigenvalue weighted by atomic mass is 9.80. The van der Waals surface area contributed by atoms with Crippen molar-refractivity contribution in [3.8, 4) is 5.75 Å². The van der Waals surface area contributed by atoms with Gasteiger partial charge < -0.3 is 20.1 Å². The first-order valence-electron chi connectivity index (χ1n) is 9.58. The highest BCUT2D eigenvalue weighted by Crippen LogP contribution is 2.36. The van der Waals surface area contributed by atoms with Gasteiger partial charge in [0.05, 0.1) is 30.6 Å². The maximum atomic E-state index is 10.6. The number of aryl methyl sites for hydroxylation is 1. The normalized spacial score (nSPS) is 19.3. The molecule has 0 bridgehead atoms. The number of hydrogen-bond acceptors (Lipinski definition) is 4. The first-order valence-corrected chi connectivity index (χ1v) is 9.58. The molecule has 0 fully saturated rings. The van der Waals surface area contributed by atoms with Crippen molar-refractivity contribution in [1.82, 2.24) is 9.55 Å². The summed E-state index contributed by atoms with van der Waals surface area (Å²) >= 11 is 0. The second-order valence-electron chi connectivity index (χ2n) is 7.62. The fraction of sp³-hybridized carbons (Fsp3) is 0.409. The van der Waals surface area contributed by atoms with Gasteiger partial charge in [0.1, 0.15) is 5.75 Å². The molecule has 0 saturated carbocycles. The van der Waals surface area contributed by atoms with Crippen LogP contribution in [0.3, 0.4) is 0 Å². The molecule has 2 aromatic carbocycles. The van der Waals surface area contributed by atoms with Gasteiger partial charge in [-0.3, -0.25) is 0 Å². The molecule has 0 amide bonds. The van der Waals surface area contributed by atoms with E-state index in [0.717, 1.165) is 53.7 Å². The van der Waals surface area contributed by atoms with E-state index in [-0.39, 0.29) is 0 Å². The summed E-state index contributed by atoms with van der Waals surface area (Å²) in [5, 5.41) is 10.6. The van der Waals surface area contributed by atoms with Gasteiger partial charge in [0.2, 0.25) is 0 Å². The largest absolute Gasteiger partial charge is 0.496 e. The van der Waals surface area contributed by atoms with Gasteiger partial charge in [-0.25, -0.2) is 4.98 Å². The third-order valence-electron chi connectivity index (χ3n) is 5.69. The summed E-state index contributed by atoms with van der Waals surface area (Å²) in [4.78, 5) is 4.58. The Hall–Kier alpha value is -2.37. The molecular weight excluding hydrogens is 338 g/mol. The zero-order valence-corrected chi connectivity index (χ0v) is 16.0. The molecule has 1 aliphatic carbocycles. The molecule has 0 saturated heterocycles. The van der Waals surface area contributed by atoms with E-state index in [9.17, 15) is 5.11 Å². The van der Waals surface area contributed by atoms with Crippen molar-refractivity contribution in [2.75, 3.05) is 13.7 Å². The number of aliphatic hydroxyl groups excluding tert-OH is 1. The Morgan fingerprint density at radius 2 is 2.15 bits per heavy atom. The Bertz CT molecular complexity index is 964. The number of fused-ring (bicyclic) bond motifs is 2. The van der Waals surface area contributed by atoms with E-state index in [1.807, 2.05) is 12.4 Å². The van der Waals surface area contributed by atoms with Crippen LogP contribution in [0.15, 0.2) is 36.7 Å². The topological polar surface area (TPSA) is 73.3 Å². The molecule has 1 heterocycles. The molecule has 2 unspecified atom stereocenters. The van der Waals surface area contributed by atoms with Crippen LogP contribution in [-0.4, -0.2) is 28.3 Å². The summed E-state index contributed by atoms with van der Waals surface area (Å²) in [7, 11) is 1.70. The number of nitrogens with two attached hydrogens (primary N) is 1. The highest BCUT2D eigenvalue weighted by Gasteiger charge is 2.26. The number of aromatic nitrogens is 2. The van der Waals surface area contributed by atoms with Gasteiger partial charge in [-0.1, -0.05) is 12.1 Å². The van der Waals surface area contributed by atoms with Gasteiger partial charge in [-0.15, -0.1) is 0 Å². The Morgan fingerprint density at radius 1 is 1.30 bits per heavy atom. The average Bonchev–Trinajstić information content (AvgIpc) is 3.03. The number of imidazole rings is 1. The Balaban J connectivity index is 1.67. The highest BCUT2D eigenvalue weighted by atomic mass is 16.5. The van der Waals surface area contributed by atoms with E-state index in [0.29, 0.717) is 12.5 Å². The lowest BCUT2D eigenvalue weighted by molar-refractivity contribution is 0.130. The molecule has 2 atom stereocenters. The fourth-order valence-electron chi connectivity index (χ4n) is 4.30. The molecule has 1 aliphatic rings. The summed E-state index contributed by atoms with van der Waals surface area (Å²) in [6, 6.07) is 10.5. The molecule has 0 spiro atoms. The maximum Gasteiger partial charge on any atom is 0.121 e. The van der Waals surface area contributed by atoms with Crippen molar-refractivity contribution in [2.24, 2.45) is 11.7 Å². The number of hydrogen-bond donors (Lipinski definition) is 2. The lowest BCUT2D eigenvalue weighted by Crippen LogP contribution is -2.21. The lowest BCUT2D eigenvalue weighted by Gasteiger charge is -2.28. The summed E-state index contributed by atoms with van der Waals surface area (Å²) in [6.45, 7) is 3.49. The van der Waals surface area contributed by atoms with Gasteiger partial charge in [0.25, 0.3) is 0 Å². The third kappa shape index (κ3) is 3.45. The Morgan fingerprint density at radius 3 is 2.89 bits per heavy atom. The quantitative estimate of drug-likeness (QED) is 0.727. The molecule has 3 N–H and O–H groups in total. The molecule has 27 heavy (non-hydrogen) atoms. The first-order chi connectivity index (χ1) is 13.1. The van der Waals surface area contributed by atoms with Gasteiger partial charge in [-0.2, -0.15) is 0 Å². The van der Waals surface area contributed by atoms with Crippen molar-refractivity contribution in [2.45, 2.75) is 38.8 Å². The van der Waals surface area contributed by atoms with Crippen LogP contribution in [0, 0.1) is 12.8 Å². The Labute approximate surface area is 159 Å². The molecule has 1 aromatic heterocycles. The molecular formula is C22H27N3O2. The van der Waals surface area contributed by atoms with Crippen molar-refractivity contribution in [3.63, 3.8) is 0 Å². The minimum absolute atomic E-state index is 0.413. The second kappa shape index (κ2) is 7.33. The number of methoxy groups -OCH3 is 1. The van der Waals surface area contributed by atoms with Gasteiger partial charge in [0.15, 0.2) is 0 Å². The van der Waals surface area contributed by atoms with Crippen LogP contribution >= 0.6 is 0 Å². The zero-order valence-electron chi connectivity index (χ0n) is 16.0. The summed E-state index contributed by atoms with van der Waals surface area (Å²) in [5.41, 5.74) is 12.4. The van der Waals surface area contributed by atoms with E-state index in [4.69, 9.17) is 10.5 Å². The zero-order chi connectivity index (χ0) is 19.0. The van der Waals surface area contributed by atoms with E-state index in [1.165, 1.54) is 11.1 Å². The monoisotopic (exact) mass is 365 g/mol. The van der Waals surface area contributed by atoms with Crippen LogP contribution in [0.1, 0.15) is 41.2 Å². The smallest absolute Gasteiger partial charge is 0.121 e.